The van der Waals surface area contributed by atoms with Crippen molar-refractivity contribution in [2.24, 2.45) is 0 Å². The minimum absolute atomic E-state index is 0.00974. The normalized spacial score (nSPS) is 10.3. The zero-order valence-corrected chi connectivity index (χ0v) is 13.0. The van der Waals surface area contributed by atoms with Gasteiger partial charge in [-0.3, -0.25) is 4.79 Å². The van der Waals surface area contributed by atoms with Crippen molar-refractivity contribution in [2.75, 3.05) is 11.9 Å². The summed E-state index contributed by atoms with van der Waals surface area (Å²) in [6.45, 7) is 8.09. The molecule has 3 heteroatoms. The average Bonchev–Trinajstić information content (AvgIpc) is 2.43. The minimum atomic E-state index is -0.153. The number of rotatable bonds is 4. The van der Waals surface area contributed by atoms with Crippen LogP contribution in [-0.4, -0.2) is 12.5 Å². The quantitative estimate of drug-likeness (QED) is 0.923. The summed E-state index contributed by atoms with van der Waals surface area (Å²) in [6, 6.07) is 11.8. The summed E-state index contributed by atoms with van der Waals surface area (Å²) in [4.78, 5) is 11.9. The molecule has 3 nitrogen and oxygen atoms in total. The Morgan fingerprint density at radius 2 is 1.71 bits per heavy atom. The first-order chi connectivity index (χ1) is 9.95. The van der Waals surface area contributed by atoms with Gasteiger partial charge in [0.05, 0.1) is 0 Å². The van der Waals surface area contributed by atoms with Crippen LogP contribution in [0.3, 0.4) is 0 Å². The zero-order chi connectivity index (χ0) is 15.4. The molecule has 0 unspecified atom stereocenters. The Morgan fingerprint density at radius 3 is 2.38 bits per heavy atom. The molecule has 0 atom stereocenters. The Balaban J connectivity index is 1.94. The molecule has 0 aromatic heterocycles. The molecule has 0 radical (unpaired) electrons. The Labute approximate surface area is 126 Å². The van der Waals surface area contributed by atoms with Gasteiger partial charge in [-0.05, 0) is 62.6 Å². The lowest BCUT2D eigenvalue weighted by molar-refractivity contribution is -0.118. The van der Waals surface area contributed by atoms with Gasteiger partial charge in [-0.1, -0.05) is 23.8 Å². The highest BCUT2D eigenvalue weighted by Gasteiger charge is 2.06. The second-order valence-corrected chi connectivity index (χ2v) is 5.40. The standard InChI is InChI=1S/C18H21NO2/c1-12-5-8-17(15(4)9-12)19-18(20)11-21-16-7-6-13(2)14(3)10-16/h5-10H,11H2,1-4H3,(H,19,20). The van der Waals surface area contributed by atoms with Crippen molar-refractivity contribution in [3.05, 3.63) is 58.7 Å². The van der Waals surface area contributed by atoms with Crippen LogP contribution in [0.2, 0.25) is 0 Å². The average molecular weight is 283 g/mol. The molecule has 2 aromatic carbocycles. The molecule has 1 amide bonds. The molecular weight excluding hydrogens is 262 g/mol. The van der Waals surface area contributed by atoms with Gasteiger partial charge in [0.25, 0.3) is 5.91 Å². The topological polar surface area (TPSA) is 38.3 Å². The number of hydrogen-bond donors (Lipinski definition) is 1. The lowest BCUT2D eigenvalue weighted by atomic mass is 10.1. The highest BCUT2D eigenvalue weighted by atomic mass is 16.5. The van der Waals surface area contributed by atoms with Crippen molar-refractivity contribution < 1.29 is 9.53 Å². The smallest absolute Gasteiger partial charge is 0.262 e. The summed E-state index contributed by atoms with van der Waals surface area (Å²) in [6.07, 6.45) is 0. The van der Waals surface area contributed by atoms with E-state index in [4.69, 9.17) is 4.74 Å². The number of ether oxygens (including phenoxy) is 1. The number of nitrogens with one attached hydrogen (secondary N) is 1. The third kappa shape index (κ3) is 4.09. The monoisotopic (exact) mass is 283 g/mol. The van der Waals surface area contributed by atoms with Gasteiger partial charge in [0.15, 0.2) is 6.61 Å². The van der Waals surface area contributed by atoms with Gasteiger partial charge in [-0.15, -0.1) is 0 Å². The summed E-state index contributed by atoms with van der Waals surface area (Å²) in [7, 11) is 0. The number of carbonyl (C=O) groups excluding carboxylic acids is 1. The fourth-order valence-corrected chi connectivity index (χ4v) is 2.09. The molecule has 21 heavy (non-hydrogen) atoms. The maximum atomic E-state index is 11.9. The largest absolute Gasteiger partial charge is 0.484 e. The number of hydrogen-bond acceptors (Lipinski definition) is 2. The third-order valence-electron chi connectivity index (χ3n) is 3.50. The lowest BCUT2D eigenvalue weighted by Gasteiger charge is -2.11. The highest BCUT2D eigenvalue weighted by Crippen LogP contribution is 2.18. The predicted octanol–water partition coefficient (Wildman–Crippen LogP) is 3.94. The Hall–Kier alpha value is -2.29. The van der Waals surface area contributed by atoms with Gasteiger partial charge < -0.3 is 10.1 Å². The molecule has 2 rings (SSSR count). The van der Waals surface area contributed by atoms with Crippen LogP contribution in [0, 0.1) is 27.7 Å². The van der Waals surface area contributed by atoms with E-state index in [1.807, 2.05) is 64.1 Å². The van der Waals surface area contributed by atoms with Gasteiger partial charge >= 0.3 is 0 Å². The van der Waals surface area contributed by atoms with Gasteiger partial charge in [0.1, 0.15) is 5.75 Å². The molecule has 0 aliphatic heterocycles. The third-order valence-corrected chi connectivity index (χ3v) is 3.50. The molecule has 0 bridgehead atoms. The molecule has 2 aromatic rings. The van der Waals surface area contributed by atoms with Crippen LogP contribution in [0.1, 0.15) is 22.3 Å². The summed E-state index contributed by atoms with van der Waals surface area (Å²) < 4.78 is 5.53. The van der Waals surface area contributed by atoms with Crippen molar-refractivity contribution in [1.82, 2.24) is 0 Å². The van der Waals surface area contributed by atoms with Crippen molar-refractivity contribution in [2.45, 2.75) is 27.7 Å². The van der Waals surface area contributed by atoms with E-state index in [1.165, 1.54) is 11.1 Å². The van der Waals surface area contributed by atoms with E-state index in [2.05, 4.69) is 5.32 Å². The number of aryl methyl sites for hydroxylation is 4. The second kappa shape index (κ2) is 6.44. The molecule has 110 valence electrons. The highest BCUT2D eigenvalue weighted by molar-refractivity contribution is 5.92. The molecule has 0 aliphatic rings. The number of amides is 1. The predicted molar refractivity (Wildman–Crippen MR) is 86.0 cm³/mol. The summed E-state index contributed by atoms with van der Waals surface area (Å²) in [5.74, 6) is 0.564. The van der Waals surface area contributed by atoms with Crippen molar-refractivity contribution in [3.63, 3.8) is 0 Å². The minimum Gasteiger partial charge on any atom is -0.484 e. The van der Waals surface area contributed by atoms with E-state index in [0.29, 0.717) is 5.75 Å². The molecule has 0 fully saturated rings. The van der Waals surface area contributed by atoms with E-state index in [9.17, 15) is 4.79 Å². The lowest BCUT2D eigenvalue weighted by Crippen LogP contribution is -2.20. The second-order valence-electron chi connectivity index (χ2n) is 5.40. The van der Waals surface area contributed by atoms with Crippen molar-refractivity contribution >= 4 is 11.6 Å². The number of anilines is 1. The van der Waals surface area contributed by atoms with Gasteiger partial charge in [-0.25, -0.2) is 0 Å². The Kier molecular flexibility index (Phi) is 4.63. The van der Waals surface area contributed by atoms with Crippen LogP contribution in [-0.2, 0) is 4.79 Å². The van der Waals surface area contributed by atoms with Gasteiger partial charge in [-0.2, -0.15) is 0 Å². The van der Waals surface area contributed by atoms with Gasteiger partial charge in [0, 0.05) is 5.69 Å². The van der Waals surface area contributed by atoms with Crippen LogP contribution in [0.25, 0.3) is 0 Å². The van der Waals surface area contributed by atoms with Crippen LogP contribution >= 0.6 is 0 Å². The number of benzene rings is 2. The molecule has 0 saturated carbocycles. The number of carbonyl (C=O) groups is 1. The van der Waals surface area contributed by atoms with E-state index in [1.54, 1.807) is 0 Å². The van der Waals surface area contributed by atoms with E-state index in [0.717, 1.165) is 16.8 Å². The summed E-state index contributed by atoms with van der Waals surface area (Å²) in [5, 5.41) is 2.87. The molecule has 1 N–H and O–H groups in total. The summed E-state index contributed by atoms with van der Waals surface area (Å²) >= 11 is 0. The van der Waals surface area contributed by atoms with Crippen molar-refractivity contribution in [1.29, 1.82) is 0 Å². The van der Waals surface area contributed by atoms with E-state index < -0.39 is 0 Å². The Bertz CT molecular complexity index is 662. The fraction of sp³-hybridized carbons (Fsp3) is 0.278. The molecular formula is C18H21NO2. The SMILES string of the molecule is Cc1ccc(NC(=O)COc2ccc(C)c(C)c2)c(C)c1. The maximum Gasteiger partial charge on any atom is 0.262 e. The Morgan fingerprint density at radius 1 is 0.952 bits per heavy atom. The molecule has 0 saturated heterocycles. The van der Waals surface area contributed by atoms with Gasteiger partial charge in [0.2, 0.25) is 0 Å². The summed E-state index contributed by atoms with van der Waals surface area (Å²) in [5.41, 5.74) is 5.42. The van der Waals surface area contributed by atoms with E-state index in [-0.39, 0.29) is 12.5 Å². The fourth-order valence-electron chi connectivity index (χ4n) is 2.09. The zero-order valence-electron chi connectivity index (χ0n) is 13.0. The van der Waals surface area contributed by atoms with Crippen LogP contribution in [0.5, 0.6) is 5.75 Å². The first-order valence-electron chi connectivity index (χ1n) is 7.03. The molecule has 0 spiro atoms. The van der Waals surface area contributed by atoms with Crippen LogP contribution < -0.4 is 10.1 Å². The van der Waals surface area contributed by atoms with Crippen LogP contribution in [0.15, 0.2) is 36.4 Å². The van der Waals surface area contributed by atoms with Crippen LogP contribution in [0.4, 0.5) is 5.69 Å². The first-order valence-corrected chi connectivity index (χ1v) is 7.03. The maximum absolute atomic E-state index is 11.9. The van der Waals surface area contributed by atoms with E-state index >= 15 is 0 Å². The van der Waals surface area contributed by atoms with Crippen molar-refractivity contribution in [3.8, 4) is 5.75 Å². The first kappa shape index (κ1) is 15.1. The molecule has 0 heterocycles. The molecule has 0 aliphatic carbocycles.